The largest absolute Gasteiger partial charge is 0.363 e. The lowest BCUT2D eigenvalue weighted by Gasteiger charge is -2.32. The van der Waals surface area contributed by atoms with E-state index < -0.39 is 0 Å². The number of halogens is 1. The molecule has 160 valence electrons. The Bertz CT molecular complexity index is 799. The van der Waals surface area contributed by atoms with Crippen LogP contribution in [0.4, 0.5) is 5.82 Å². The minimum absolute atomic E-state index is 0. The smallest absolute Gasteiger partial charge is 0.191 e. The number of piperidine rings is 1. The highest BCUT2D eigenvalue weighted by Crippen LogP contribution is 2.22. The normalized spacial score (nSPS) is 15.8. The quantitative estimate of drug-likeness (QED) is 0.354. The van der Waals surface area contributed by atoms with Crippen molar-refractivity contribution in [1.82, 2.24) is 20.5 Å². The summed E-state index contributed by atoms with van der Waals surface area (Å²) in [6, 6.07) is 11.0. The summed E-state index contributed by atoms with van der Waals surface area (Å²) in [5.74, 6) is 1.85. The van der Waals surface area contributed by atoms with Crippen molar-refractivity contribution in [2.24, 2.45) is 4.99 Å². The Morgan fingerprint density at radius 3 is 2.62 bits per heavy atom. The van der Waals surface area contributed by atoms with Gasteiger partial charge in [0.15, 0.2) is 5.96 Å². The first-order valence-electron chi connectivity index (χ1n) is 10.4. The van der Waals surface area contributed by atoms with E-state index in [2.05, 4.69) is 51.7 Å². The van der Waals surface area contributed by atoms with Crippen LogP contribution in [-0.2, 0) is 6.54 Å². The van der Waals surface area contributed by atoms with Crippen molar-refractivity contribution in [2.45, 2.75) is 38.8 Å². The summed E-state index contributed by atoms with van der Waals surface area (Å²) >= 11 is 0. The molecule has 0 spiro atoms. The van der Waals surface area contributed by atoms with Crippen molar-refractivity contribution in [3.05, 3.63) is 35.9 Å². The van der Waals surface area contributed by atoms with Gasteiger partial charge in [-0.2, -0.15) is 0 Å². The molecule has 1 aliphatic rings. The second kappa shape index (κ2) is 11.5. The second-order valence-corrected chi connectivity index (χ2v) is 7.74. The van der Waals surface area contributed by atoms with Crippen LogP contribution in [0.1, 0.15) is 31.7 Å². The van der Waals surface area contributed by atoms with Crippen LogP contribution in [0.5, 0.6) is 0 Å². The monoisotopic (exact) mass is 510 g/mol. The molecule has 3 rings (SSSR count). The minimum atomic E-state index is 0. The predicted octanol–water partition coefficient (Wildman–Crippen LogP) is 3.46. The van der Waals surface area contributed by atoms with Gasteiger partial charge in [0.05, 0.1) is 5.52 Å². The Labute approximate surface area is 192 Å². The van der Waals surface area contributed by atoms with Gasteiger partial charge in [0.25, 0.3) is 0 Å². The molecule has 1 fully saturated rings. The molecule has 0 bridgehead atoms. The summed E-state index contributed by atoms with van der Waals surface area (Å²) in [6.07, 6.45) is 3.57. The average Bonchev–Trinajstić information content (AvgIpc) is 2.72. The zero-order valence-electron chi connectivity index (χ0n) is 18.1. The van der Waals surface area contributed by atoms with Gasteiger partial charge in [-0.25, -0.2) is 4.98 Å². The van der Waals surface area contributed by atoms with Crippen LogP contribution in [0.2, 0.25) is 0 Å². The number of nitrogens with zero attached hydrogens (tertiary/aromatic N) is 4. The molecule has 29 heavy (non-hydrogen) atoms. The number of likely N-dealkylation sites (tertiary alicyclic amines) is 1. The Kier molecular flexibility index (Phi) is 9.42. The first-order chi connectivity index (χ1) is 13.6. The maximum atomic E-state index is 4.75. The molecule has 1 aromatic heterocycles. The van der Waals surface area contributed by atoms with E-state index >= 15 is 0 Å². The molecule has 0 amide bonds. The van der Waals surface area contributed by atoms with Crippen molar-refractivity contribution in [3.8, 4) is 0 Å². The lowest BCUT2D eigenvalue weighted by Crippen LogP contribution is -2.48. The van der Waals surface area contributed by atoms with Gasteiger partial charge in [0.2, 0.25) is 0 Å². The summed E-state index contributed by atoms with van der Waals surface area (Å²) in [5, 5.41) is 8.30. The number of para-hydroxylation sites is 1. The van der Waals surface area contributed by atoms with Gasteiger partial charge < -0.3 is 20.4 Å². The summed E-state index contributed by atoms with van der Waals surface area (Å²) in [6.45, 7) is 6.52. The number of benzene rings is 1. The van der Waals surface area contributed by atoms with Crippen molar-refractivity contribution >= 4 is 46.7 Å². The highest BCUT2D eigenvalue weighted by atomic mass is 127. The van der Waals surface area contributed by atoms with Gasteiger partial charge in [-0.15, -0.1) is 24.0 Å². The molecule has 2 heterocycles. The summed E-state index contributed by atoms with van der Waals surface area (Å²) < 4.78 is 0. The molecule has 1 saturated heterocycles. The third kappa shape index (κ3) is 6.44. The van der Waals surface area contributed by atoms with Crippen LogP contribution in [0.15, 0.2) is 35.3 Å². The number of rotatable bonds is 6. The number of guanidine groups is 1. The fourth-order valence-electron chi connectivity index (χ4n) is 3.79. The Balaban J connectivity index is 0.00000300. The van der Waals surface area contributed by atoms with E-state index in [0.29, 0.717) is 6.04 Å². The van der Waals surface area contributed by atoms with Crippen LogP contribution < -0.4 is 15.5 Å². The number of pyridine rings is 1. The Hall–Kier alpha value is -1.61. The number of hydrogen-bond donors (Lipinski definition) is 2. The van der Waals surface area contributed by atoms with Crippen molar-refractivity contribution < 1.29 is 0 Å². The highest BCUT2D eigenvalue weighted by molar-refractivity contribution is 14.0. The molecule has 0 saturated carbocycles. The molecule has 2 aromatic rings. The maximum Gasteiger partial charge on any atom is 0.191 e. The van der Waals surface area contributed by atoms with Gasteiger partial charge in [-0.1, -0.05) is 25.1 Å². The van der Waals surface area contributed by atoms with Crippen LogP contribution in [0, 0.1) is 0 Å². The molecule has 0 atom stereocenters. The standard InChI is InChI=1S/C22H34N6.HI/c1-5-12-28-13-10-18(11-14-28)25-22(23-2)24-16-17-15-21(27(3)4)26-20-9-7-6-8-19(17)20;/h6-9,15,18H,5,10-14,16H2,1-4H3,(H2,23,24,25);1H. The Morgan fingerprint density at radius 2 is 1.97 bits per heavy atom. The van der Waals surface area contributed by atoms with E-state index in [1.165, 1.54) is 49.8 Å². The molecule has 0 aliphatic carbocycles. The van der Waals surface area contributed by atoms with Gasteiger partial charge in [-0.3, -0.25) is 4.99 Å². The van der Waals surface area contributed by atoms with Crippen LogP contribution in [-0.4, -0.2) is 62.7 Å². The zero-order valence-corrected chi connectivity index (χ0v) is 20.4. The van der Waals surface area contributed by atoms with E-state index in [1.807, 2.05) is 32.1 Å². The fraction of sp³-hybridized carbons (Fsp3) is 0.545. The Morgan fingerprint density at radius 1 is 1.24 bits per heavy atom. The molecule has 0 radical (unpaired) electrons. The lowest BCUT2D eigenvalue weighted by atomic mass is 10.1. The maximum absolute atomic E-state index is 4.75. The van der Waals surface area contributed by atoms with Gasteiger partial charge in [0, 0.05) is 52.2 Å². The van der Waals surface area contributed by atoms with Crippen molar-refractivity contribution in [2.75, 3.05) is 45.7 Å². The number of nitrogens with one attached hydrogen (secondary N) is 2. The number of fused-ring (bicyclic) bond motifs is 1. The highest BCUT2D eigenvalue weighted by Gasteiger charge is 2.19. The molecule has 6 nitrogen and oxygen atoms in total. The van der Waals surface area contributed by atoms with E-state index in [1.54, 1.807) is 0 Å². The van der Waals surface area contributed by atoms with Gasteiger partial charge in [-0.05, 0) is 43.5 Å². The van der Waals surface area contributed by atoms with E-state index in [-0.39, 0.29) is 24.0 Å². The van der Waals surface area contributed by atoms with Crippen LogP contribution in [0.3, 0.4) is 0 Å². The SMILES string of the molecule is CCCN1CCC(NC(=NC)NCc2cc(N(C)C)nc3ccccc23)CC1.I. The first kappa shape index (κ1) is 23.7. The van der Waals surface area contributed by atoms with E-state index in [4.69, 9.17) is 4.98 Å². The number of aromatic nitrogens is 1. The summed E-state index contributed by atoms with van der Waals surface area (Å²) in [4.78, 5) is 13.8. The van der Waals surface area contributed by atoms with Crippen LogP contribution >= 0.6 is 24.0 Å². The molecule has 0 unspecified atom stereocenters. The van der Waals surface area contributed by atoms with Crippen LogP contribution in [0.25, 0.3) is 10.9 Å². The zero-order chi connectivity index (χ0) is 19.9. The second-order valence-electron chi connectivity index (χ2n) is 7.74. The third-order valence-corrected chi connectivity index (χ3v) is 5.38. The van der Waals surface area contributed by atoms with Crippen molar-refractivity contribution in [1.29, 1.82) is 0 Å². The molecule has 7 heteroatoms. The first-order valence-corrected chi connectivity index (χ1v) is 10.4. The topological polar surface area (TPSA) is 55.8 Å². The number of hydrogen-bond acceptors (Lipinski definition) is 4. The lowest BCUT2D eigenvalue weighted by molar-refractivity contribution is 0.206. The fourth-order valence-corrected chi connectivity index (χ4v) is 3.79. The molecular formula is C22H35IN6. The number of aliphatic imine (C=N–C) groups is 1. The van der Waals surface area contributed by atoms with Gasteiger partial charge in [0.1, 0.15) is 5.82 Å². The molecule has 1 aromatic carbocycles. The molecule has 2 N–H and O–H groups in total. The van der Waals surface area contributed by atoms with Gasteiger partial charge >= 0.3 is 0 Å². The summed E-state index contributed by atoms with van der Waals surface area (Å²) in [5.41, 5.74) is 2.26. The summed E-state index contributed by atoms with van der Waals surface area (Å²) in [7, 11) is 5.90. The molecule has 1 aliphatic heterocycles. The minimum Gasteiger partial charge on any atom is -0.363 e. The number of anilines is 1. The van der Waals surface area contributed by atoms with Crippen molar-refractivity contribution in [3.63, 3.8) is 0 Å². The average molecular weight is 510 g/mol. The third-order valence-electron chi connectivity index (χ3n) is 5.38. The van der Waals surface area contributed by atoms with E-state index in [9.17, 15) is 0 Å². The predicted molar refractivity (Wildman–Crippen MR) is 135 cm³/mol. The molecular weight excluding hydrogens is 475 g/mol. The van der Waals surface area contributed by atoms with E-state index in [0.717, 1.165) is 23.8 Å².